The minimum absolute atomic E-state index is 0.0755. The average molecular weight is 336 g/mol. The third-order valence-corrected chi connectivity index (χ3v) is 5.31. The highest BCUT2D eigenvalue weighted by molar-refractivity contribution is 7.09. The van der Waals surface area contributed by atoms with Crippen molar-refractivity contribution in [2.75, 3.05) is 13.2 Å². The highest BCUT2D eigenvalue weighted by atomic mass is 35.5. The standard InChI is InChI=1S/C17H18ClNO2S/c18-14-5-3-13(4-6-14)17(7-9-21-10-8-17)16(20)19-12-15-2-1-11-22-15/h1-6,11H,7-10,12H2,(H,19,20). The van der Waals surface area contributed by atoms with Crippen molar-refractivity contribution in [3.8, 4) is 0 Å². The lowest BCUT2D eigenvalue weighted by atomic mass is 9.73. The second-order valence-electron chi connectivity index (χ2n) is 5.46. The fourth-order valence-corrected chi connectivity index (χ4v) is 3.66. The second kappa shape index (κ2) is 6.82. The number of carbonyl (C=O) groups excluding carboxylic acids is 1. The van der Waals surface area contributed by atoms with Gasteiger partial charge in [-0.3, -0.25) is 4.79 Å². The summed E-state index contributed by atoms with van der Waals surface area (Å²) in [6, 6.07) is 11.6. The number of ether oxygens (including phenoxy) is 1. The van der Waals surface area contributed by atoms with E-state index in [2.05, 4.69) is 5.32 Å². The van der Waals surface area contributed by atoms with Gasteiger partial charge < -0.3 is 10.1 Å². The van der Waals surface area contributed by atoms with Gasteiger partial charge in [0.2, 0.25) is 5.91 Å². The molecular formula is C17H18ClNO2S. The summed E-state index contributed by atoms with van der Waals surface area (Å²) >= 11 is 7.63. The fourth-order valence-electron chi connectivity index (χ4n) is 2.89. The zero-order valence-electron chi connectivity index (χ0n) is 12.2. The number of rotatable bonds is 4. The zero-order valence-corrected chi connectivity index (χ0v) is 13.8. The number of nitrogens with one attached hydrogen (secondary N) is 1. The molecule has 1 aliphatic heterocycles. The molecule has 3 rings (SSSR count). The van der Waals surface area contributed by atoms with E-state index in [9.17, 15) is 4.79 Å². The molecule has 0 atom stereocenters. The maximum absolute atomic E-state index is 12.9. The van der Waals surface area contributed by atoms with E-state index >= 15 is 0 Å². The summed E-state index contributed by atoms with van der Waals surface area (Å²) in [5.41, 5.74) is 0.504. The van der Waals surface area contributed by atoms with Gasteiger partial charge in [0.15, 0.2) is 0 Å². The van der Waals surface area contributed by atoms with E-state index < -0.39 is 5.41 Å². The average Bonchev–Trinajstić information content (AvgIpc) is 3.07. The molecule has 1 amide bonds. The van der Waals surface area contributed by atoms with Crippen LogP contribution in [0.3, 0.4) is 0 Å². The summed E-state index contributed by atoms with van der Waals surface area (Å²) in [4.78, 5) is 14.1. The van der Waals surface area contributed by atoms with Crippen molar-refractivity contribution >= 4 is 28.8 Å². The zero-order chi connectivity index (χ0) is 15.4. The summed E-state index contributed by atoms with van der Waals surface area (Å²) < 4.78 is 5.47. The smallest absolute Gasteiger partial charge is 0.231 e. The van der Waals surface area contributed by atoms with E-state index in [4.69, 9.17) is 16.3 Å². The Morgan fingerprint density at radius 3 is 2.59 bits per heavy atom. The Kier molecular flexibility index (Phi) is 4.81. The van der Waals surface area contributed by atoms with Gasteiger partial charge in [-0.15, -0.1) is 11.3 Å². The van der Waals surface area contributed by atoms with Crippen molar-refractivity contribution in [2.24, 2.45) is 0 Å². The van der Waals surface area contributed by atoms with Crippen LogP contribution < -0.4 is 5.32 Å². The molecule has 1 aromatic heterocycles. The molecule has 0 radical (unpaired) electrons. The molecule has 2 aromatic rings. The minimum atomic E-state index is -0.514. The van der Waals surface area contributed by atoms with E-state index in [1.165, 1.54) is 0 Å². The van der Waals surface area contributed by atoms with Crippen LogP contribution in [0.5, 0.6) is 0 Å². The normalized spacial score (nSPS) is 17.1. The molecule has 22 heavy (non-hydrogen) atoms. The number of thiophene rings is 1. The SMILES string of the molecule is O=C(NCc1cccs1)C1(c2ccc(Cl)cc2)CCOCC1. The molecular weight excluding hydrogens is 318 g/mol. The predicted octanol–water partition coefficient (Wildman–Crippen LogP) is 3.77. The lowest BCUT2D eigenvalue weighted by molar-refractivity contribution is -0.130. The number of hydrogen-bond donors (Lipinski definition) is 1. The van der Waals surface area contributed by atoms with Crippen molar-refractivity contribution in [2.45, 2.75) is 24.8 Å². The van der Waals surface area contributed by atoms with Gasteiger partial charge >= 0.3 is 0 Å². The molecule has 1 saturated heterocycles. The van der Waals surface area contributed by atoms with E-state index in [1.54, 1.807) is 11.3 Å². The molecule has 3 nitrogen and oxygen atoms in total. The maximum Gasteiger partial charge on any atom is 0.231 e. The van der Waals surface area contributed by atoms with Gasteiger partial charge in [-0.25, -0.2) is 0 Å². The van der Waals surface area contributed by atoms with Crippen LogP contribution >= 0.6 is 22.9 Å². The van der Waals surface area contributed by atoms with Crippen LogP contribution in [0.4, 0.5) is 0 Å². The molecule has 5 heteroatoms. The highest BCUT2D eigenvalue weighted by Crippen LogP contribution is 2.35. The lowest BCUT2D eigenvalue weighted by Crippen LogP contribution is -2.47. The van der Waals surface area contributed by atoms with Crippen molar-refractivity contribution in [3.05, 3.63) is 57.2 Å². The number of amides is 1. The van der Waals surface area contributed by atoms with Gasteiger partial charge in [0.25, 0.3) is 0 Å². The molecule has 0 bridgehead atoms. The summed E-state index contributed by atoms with van der Waals surface area (Å²) in [7, 11) is 0. The van der Waals surface area contributed by atoms with E-state index in [-0.39, 0.29) is 5.91 Å². The van der Waals surface area contributed by atoms with Gasteiger partial charge in [0, 0.05) is 23.1 Å². The first-order valence-corrected chi connectivity index (χ1v) is 8.61. The lowest BCUT2D eigenvalue weighted by Gasteiger charge is -2.36. The summed E-state index contributed by atoms with van der Waals surface area (Å²) in [5.74, 6) is 0.0755. The van der Waals surface area contributed by atoms with E-state index in [0.717, 1.165) is 10.4 Å². The Hall–Kier alpha value is -1.36. The molecule has 0 aliphatic carbocycles. The Balaban J connectivity index is 1.81. The molecule has 116 valence electrons. The van der Waals surface area contributed by atoms with Crippen molar-refractivity contribution < 1.29 is 9.53 Å². The van der Waals surface area contributed by atoms with Crippen LogP contribution in [-0.4, -0.2) is 19.1 Å². The molecule has 0 saturated carbocycles. The molecule has 0 unspecified atom stereocenters. The summed E-state index contributed by atoms with van der Waals surface area (Å²) in [6.45, 7) is 1.79. The van der Waals surface area contributed by atoms with Crippen LogP contribution in [0.25, 0.3) is 0 Å². The minimum Gasteiger partial charge on any atom is -0.381 e. The van der Waals surface area contributed by atoms with Crippen LogP contribution in [-0.2, 0) is 21.5 Å². The third kappa shape index (κ3) is 3.19. The van der Waals surface area contributed by atoms with Crippen LogP contribution in [0.1, 0.15) is 23.3 Å². The second-order valence-corrected chi connectivity index (χ2v) is 6.93. The van der Waals surface area contributed by atoms with Crippen LogP contribution in [0, 0.1) is 0 Å². The first-order chi connectivity index (χ1) is 10.7. The largest absolute Gasteiger partial charge is 0.381 e. The van der Waals surface area contributed by atoms with Crippen molar-refractivity contribution in [1.29, 1.82) is 0 Å². The van der Waals surface area contributed by atoms with Crippen molar-refractivity contribution in [1.82, 2.24) is 5.32 Å². The fraction of sp³-hybridized carbons (Fsp3) is 0.353. The Labute approximate surface area is 139 Å². The summed E-state index contributed by atoms with van der Waals surface area (Å²) in [5, 5.41) is 5.80. The molecule has 1 aliphatic rings. The third-order valence-electron chi connectivity index (χ3n) is 4.18. The number of carbonyl (C=O) groups is 1. The molecule has 1 aromatic carbocycles. The Bertz CT molecular complexity index is 619. The molecule has 1 N–H and O–H groups in total. The van der Waals surface area contributed by atoms with Crippen LogP contribution in [0.15, 0.2) is 41.8 Å². The predicted molar refractivity (Wildman–Crippen MR) is 89.3 cm³/mol. The molecule has 1 fully saturated rings. The topological polar surface area (TPSA) is 38.3 Å². The molecule has 2 heterocycles. The van der Waals surface area contributed by atoms with Crippen LogP contribution in [0.2, 0.25) is 5.02 Å². The number of benzene rings is 1. The Morgan fingerprint density at radius 1 is 1.23 bits per heavy atom. The summed E-state index contributed by atoms with van der Waals surface area (Å²) in [6.07, 6.45) is 1.40. The van der Waals surface area contributed by atoms with Gasteiger partial charge in [-0.2, -0.15) is 0 Å². The van der Waals surface area contributed by atoms with Crippen molar-refractivity contribution in [3.63, 3.8) is 0 Å². The molecule has 0 spiro atoms. The Morgan fingerprint density at radius 2 is 1.95 bits per heavy atom. The van der Waals surface area contributed by atoms with E-state index in [1.807, 2.05) is 41.8 Å². The number of halogens is 1. The van der Waals surface area contributed by atoms with Gasteiger partial charge in [0.05, 0.1) is 12.0 Å². The number of hydrogen-bond acceptors (Lipinski definition) is 3. The van der Waals surface area contributed by atoms with Gasteiger partial charge in [0.1, 0.15) is 0 Å². The monoisotopic (exact) mass is 335 g/mol. The maximum atomic E-state index is 12.9. The quantitative estimate of drug-likeness (QED) is 0.923. The van der Waals surface area contributed by atoms with Gasteiger partial charge in [-0.05, 0) is 42.0 Å². The first-order valence-electron chi connectivity index (χ1n) is 7.35. The first kappa shape index (κ1) is 15.5. The van der Waals surface area contributed by atoms with E-state index in [0.29, 0.717) is 37.6 Å². The highest BCUT2D eigenvalue weighted by Gasteiger charge is 2.41. The van der Waals surface area contributed by atoms with Gasteiger partial charge in [-0.1, -0.05) is 29.8 Å².